The van der Waals surface area contributed by atoms with Gasteiger partial charge in [0.05, 0.1) is 12.0 Å². The summed E-state index contributed by atoms with van der Waals surface area (Å²) in [6.07, 6.45) is 10.7. The SMILES string of the molecule is CC(C)CCC[C@@H](C)C1CC[C@@H]2C3=C(CC[C@]12C)[C@@]1(C)CC[C@H](O)CC1C(=O)O3. The summed E-state index contributed by atoms with van der Waals surface area (Å²) in [5.74, 6) is 3.54. The zero-order valence-corrected chi connectivity index (χ0v) is 19.3. The number of carbonyl (C=O) groups excluding carboxylic acids is 1. The van der Waals surface area contributed by atoms with Crippen molar-refractivity contribution in [3.05, 3.63) is 11.3 Å². The number of allylic oxidation sites excluding steroid dienone is 2. The van der Waals surface area contributed by atoms with E-state index in [4.69, 9.17) is 4.74 Å². The van der Waals surface area contributed by atoms with Crippen molar-refractivity contribution in [1.82, 2.24) is 0 Å². The lowest BCUT2D eigenvalue weighted by Gasteiger charge is -2.53. The van der Waals surface area contributed by atoms with Gasteiger partial charge in [0.25, 0.3) is 0 Å². The van der Waals surface area contributed by atoms with Gasteiger partial charge in [-0.15, -0.1) is 0 Å². The lowest BCUT2D eigenvalue weighted by Crippen LogP contribution is -2.50. The third-order valence-electron chi connectivity index (χ3n) is 9.52. The summed E-state index contributed by atoms with van der Waals surface area (Å²) >= 11 is 0. The van der Waals surface area contributed by atoms with Crippen molar-refractivity contribution in [2.75, 3.05) is 0 Å². The van der Waals surface area contributed by atoms with E-state index in [1.807, 2.05) is 0 Å². The number of aliphatic hydroxyl groups is 1. The number of aliphatic hydroxyl groups excluding tert-OH is 1. The van der Waals surface area contributed by atoms with Crippen LogP contribution in [0, 0.1) is 40.4 Å². The first kappa shape index (κ1) is 21.4. The largest absolute Gasteiger partial charge is 0.431 e. The number of fused-ring (bicyclic) bond motifs is 4. The molecule has 164 valence electrons. The molecule has 0 radical (unpaired) electrons. The molecule has 2 unspecified atom stereocenters. The van der Waals surface area contributed by atoms with E-state index < -0.39 is 0 Å². The molecular weight excluding hydrogens is 360 g/mol. The summed E-state index contributed by atoms with van der Waals surface area (Å²) in [6, 6.07) is 0. The lowest BCUT2D eigenvalue weighted by atomic mass is 9.54. The van der Waals surface area contributed by atoms with E-state index in [9.17, 15) is 9.90 Å². The minimum atomic E-state index is -0.348. The lowest BCUT2D eigenvalue weighted by molar-refractivity contribution is -0.159. The molecule has 2 saturated carbocycles. The predicted molar refractivity (Wildman–Crippen MR) is 116 cm³/mol. The summed E-state index contributed by atoms with van der Waals surface area (Å²) in [5.41, 5.74) is 1.62. The number of ether oxygens (including phenoxy) is 1. The third kappa shape index (κ3) is 3.50. The molecule has 3 nitrogen and oxygen atoms in total. The molecule has 4 rings (SSSR count). The Morgan fingerprint density at radius 3 is 2.55 bits per heavy atom. The van der Waals surface area contributed by atoms with E-state index in [0.717, 1.165) is 42.8 Å². The molecule has 7 atom stereocenters. The highest BCUT2D eigenvalue weighted by Crippen LogP contribution is 2.64. The smallest absolute Gasteiger partial charge is 0.315 e. The van der Waals surface area contributed by atoms with E-state index in [0.29, 0.717) is 12.3 Å². The van der Waals surface area contributed by atoms with Crippen LogP contribution in [-0.4, -0.2) is 17.2 Å². The van der Waals surface area contributed by atoms with Gasteiger partial charge in [-0.2, -0.15) is 0 Å². The van der Waals surface area contributed by atoms with Crippen LogP contribution < -0.4 is 0 Å². The van der Waals surface area contributed by atoms with Crippen LogP contribution in [-0.2, 0) is 9.53 Å². The topological polar surface area (TPSA) is 46.5 Å². The van der Waals surface area contributed by atoms with Crippen molar-refractivity contribution in [2.45, 2.75) is 105 Å². The van der Waals surface area contributed by atoms with E-state index in [1.54, 1.807) is 0 Å². The Bertz CT molecular complexity index is 679. The van der Waals surface area contributed by atoms with Gasteiger partial charge < -0.3 is 9.84 Å². The summed E-state index contributed by atoms with van der Waals surface area (Å²) in [5, 5.41) is 10.1. The monoisotopic (exact) mass is 402 g/mol. The molecule has 0 spiro atoms. The maximum Gasteiger partial charge on any atom is 0.315 e. The second-order valence-electron chi connectivity index (χ2n) is 11.7. The Balaban J connectivity index is 1.57. The van der Waals surface area contributed by atoms with Crippen molar-refractivity contribution in [3.63, 3.8) is 0 Å². The quantitative estimate of drug-likeness (QED) is 0.553. The first-order chi connectivity index (χ1) is 13.7. The standard InChI is InChI=1S/C26H42O3/c1-16(2)7-6-8-17(3)19-9-10-20-23-21(12-14-25(19,20)4)26(5)13-11-18(27)15-22(26)24(28)29-23/h16-20,22,27H,6-15H2,1-5H3/t17-,18+,19?,20-,22?,25-,26-/m1/s1. The van der Waals surface area contributed by atoms with E-state index in [2.05, 4.69) is 34.6 Å². The maximum atomic E-state index is 13.0. The zero-order valence-electron chi connectivity index (χ0n) is 19.3. The Kier molecular flexibility index (Phi) is 5.68. The second-order valence-corrected chi connectivity index (χ2v) is 11.7. The molecule has 0 bridgehead atoms. The summed E-state index contributed by atoms with van der Waals surface area (Å²) in [4.78, 5) is 13.0. The van der Waals surface area contributed by atoms with Gasteiger partial charge in [-0.1, -0.05) is 53.9 Å². The van der Waals surface area contributed by atoms with E-state index in [-0.39, 0.29) is 28.8 Å². The van der Waals surface area contributed by atoms with Crippen LogP contribution in [0.2, 0.25) is 0 Å². The number of esters is 1. The minimum Gasteiger partial charge on any atom is -0.431 e. The van der Waals surface area contributed by atoms with Gasteiger partial charge in [0, 0.05) is 11.3 Å². The van der Waals surface area contributed by atoms with Crippen LogP contribution in [0.5, 0.6) is 0 Å². The Labute approximate surface area is 177 Å². The molecule has 0 amide bonds. The molecule has 3 heteroatoms. The van der Waals surface area contributed by atoms with Crippen LogP contribution in [0.25, 0.3) is 0 Å². The molecular formula is C26H42O3. The molecule has 29 heavy (non-hydrogen) atoms. The Morgan fingerprint density at radius 2 is 1.83 bits per heavy atom. The van der Waals surface area contributed by atoms with Gasteiger partial charge >= 0.3 is 5.97 Å². The molecule has 1 heterocycles. The Morgan fingerprint density at radius 1 is 1.07 bits per heavy atom. The second kappa shape index (κ2) is 7.70. The van der Waals surface area contributed by atoms with Crippen molar-refractivity contribution in [3.8, 4) is 0 Å². The molecule has 2 fully saturated rings. The zero-order chi connectivity index (χ0) is 21.0. The van der Waals surface area contributed by atoms with Gasteiger partial charge in [-0.05, 0) is 73.7 Å². The first-order valence-corrected chi connectivity index (χ1v) is 12.3. The van der Waals surface area contributed by atoms with Crippen LogP contribution >= 0.6 is 0 Å². The van der Waals surface area contributed by atoms with E-state index >= 15 is 0 Å². The highest BCUT2D eigenvalue weighted by molar-refractivity contribution is 5.77. The van der Waals surface area contributed by atoms with Gasteiger partial charge in [-0.3, -0.25) is 4.79 Å². The minimum absolute atomic E-state index is 0.0670. The predicted octanol–water partition coefficient (Wildman–Crippen LogP) is 6.25. The van der Waals surface area contributed by atoms with Gasteiger partial charge in [0.1, 0.15) is 5.76 Å². The fourth-order valence-electron chi connectivity index (χ4n) is 7.65. The van der Waals surface area contributed by atoms with E-state index in [1.165, 1.54) is 44.1 Å². The highest BCUT2D eigenvalue weighted by Gasteiger charge is 2.59. The molecule has 3 aliphatic carbocycles. The van der Waals surface area contributed by atoms with Crippen molar-refractivity contribution < 1.29 is 14.6 Å². The number of rotatable bonds is 5. The summed E-state index contributed by atoms with van der Waals surface area (Å²) in [7, 11) is 0. The molecule has 0 aromatic heterocycles. The Hall–Kier alpha value is -0.830. The average molecular weight is 403 g/mol. The number of hydrogen-bond donors (Lipinski definition) is 1. The van der Waals surface area contributed by atoms with Gasteiger partial charge in [-0.25, -0.2) is 0 Å². The van der Waals surface area contributed by atoms with Gasteiger partial charge in [0.2, 0.25) is 0 Å². The van der Waals surface area contributed by atoms with Crippen LogP contribution in [0.1, 0.15) is 98.8 Å². The van der Waals surface area contributed by atoms with Crippen LogP contribution in [0.3, 0.4) is 0 Å². The first-order valence-electron chi connectivity index (χ1n) is 12.3. The maximum absolute atomic E-state index is 13.0. The molecule has 0 aromatic rings. The third-order valence-corrected chi connectivity index (χ3v) is 9.52. The number of carbonyl (C=O) groups is 1. The van der Waals surface area contributed by atoms with Crippen molar-refractivity contribution in [2.24, 2.45) is 40.4 Å². The fourth-order valence-corrected chi connectivity index (χ4v) is 7.65. The molecule has 0 aromatic carbocycles. The summed E-state index contributed by atoms with van der Waals surface area (Å²) in [6.45, 7) is 11.9. The molecule has 1 aliphatic heterocycles. The normalized spacial score (nSPS) is 42.9. The molecule has 1 N–H and O–H groups in total. The molecule has 0 saturated heterocycles. The van der Waals surface area contributed by atoms with Gasteiger partial charge in [0.15, 0.2) is 0 Å². The average Bonchev–Trinajstić information content (AvgIpc) is 3.00. The summed E-state index contributed by atoms with van der Waals surface area (Å²) < 4.78 is 6.12. The van der Waals surface area contributed by atoms with Crippen molar-refractivity contribution >= 4 is 5.97 Å². The van der Waals surface area contributed by atoms with Crippen molar-refractivity contribution in [1.29, 1.82) is 0 Å². The fraction of sp³-hybridized carbons (Fsp3) is 0.885. The highest BCUT2D eigenvalue weighted by atomic mass is 16.5. The number of hydrogen-bond acceptors (Lipinski definition) is 3. The van der Waals surface area contributed by atoms with Crippen LogP contribution in [0.15, 0.2) is 11.3 Å². The molecule has 4 aliphatic rings. The van der Waals surface area contributed by atoms with Crippen LogP contribution in [0.4, 0.5) is 0 Å².